The Kier molecular flexibility index (Phi) is 2.75. The van der Waals surface area contributed by atoms with Gasteiger partial charge in [-0.05, 0) is 11.4 Å². The molecule has 11 heavy (non-hydrogen) atoms. The lowest BCUT2D eigenvalue weighted by atomic mass is 10.6. The molecule has 0 fully saturated rings. The normalized spacial score (nSPS) is 11.4. The summed E-state index contributed by atoms with van der Waals surface area (Å²) in [4.78, 5) is 0. The molecule has 0 aromatic carbocycles. The lowest BCUT2D eigenvalue weighted by Gasteiger charge is -1.99. The molecule has 0 aliphatic carbocycles. The molecule has 6 heteroatoms. The summed E-state index contributed by atoms with van der Waals surface area (Å²) in [5, 5.41) is 3.07. The van der Waals surface area contributed by atoms with E-state index in [0.717, 1.165) is 0 Å². The molecule has 0 atom stereocenters. The van der Waals surface area contributed by atoms with Crippen LogP contribution in [0.15, 0.2) is 16.8 Å². The van der Waals surface area contributed by atoms with Gasteiger partial charge in [-0.2, -0.15) is 11.3 Å². The first-order valence-electron chi connectivity index (χ1n) is 2.73. The molecule has 1 aromatic rings. The zero-order valence-electron chi connectivity index (χ0n) is 5.45. The fourth-order valence-corrected chi connectivity index (χ4v) is 1.90. The molecule has 0 bridgehead atoms. The summed E-state index contributed by atoms with van der Waals surface area (Å²) in [7, 11) is -3.32. The first kappa shape index (κ1) is 8.83. The van der Waals surface area contributed by atoms with Gasteiger partial charge in [0.2, 0.25) is 10.0 Å². The summed E-state index contributed by atoms with van der Waals surface area (Å²) >= 11 is 6.58. The van der Waals surface area contributed by atoms with Crippen LogP contribution in [0, 0.1) is 0 Å². The van der Waals surface area contributed by atoms with E-state index < -0.39 is 15.2 Å². The van der Waals surface area contributed by atoms with Gasteiger partial charge in [0.1, 0.15) is 5.21 Å². The molecular formula is C5H6ClNO2S2. The van der Waals surface area contributed by atoms with Gasteiger partial charge in [0.25, 0.3) is 0 Å². The molecule has 3 nitrogen and oxygen atoms in total. The highest BCUT2D eigenvalue weighted by Gasteiger charge is 2.06. The molecule has 1 heterocycles. The number of alkyl halides is 1. The minimum atomic E-state index is -3.32. The van der Waals surface area contributed by atoms with E-state index in [-0.39, 0.29) is 0 Å². The minimum Gasteiger partial charge on any atom is -0.282 e. The van der Waals surface area contributed by atoms with Crippen LogP contribution in [0.1, 0.15) is 0 Å². The van der Waals surface area contributed by atoms with Crippen LogP contribution in [0.5, 0.6) is 0 Å². The number of halogens is 1. The van der Waals surface area contributed by atoms with Crippen LogP contribution in [0.4, 0.5) is 5.69 Å². The quantitative estimate of drug-likeness (QED) is 0.774. The third-order valence-corrected chi connectivity index (χ3v) is 3.32. The lowest BCUT2D eigenvalue weighted by Crippen LogP contribution is -2.12. The van der Waals surface area contributed by atoms with Gasteiger partial charge in [0, 0.05) is 5.38 Å². The zero-order chi connectivity index (χ0) is 8.32. The van der Waals surface area contributed by atoms with Gasteiger partial charge in [-0.1, -0.05) is 0 Å². The summed E-state index contributed by atoms with van der Waals surface area (Å²) in [6, 6.07) is 1.68. The van der Waals surface area contributed by atoms with Crippen LogP contribution < -0.4 is 4.72 Å². The van der Waals surface area contributed by atoms with Crippen LogP contribution in [0.3, 0.4) is 0 Å². The van der Waals surface area contributed by atoms with Crippen LogP contribution >= 0.6 is 22.9 Å². The van der Waals surface area contributed by atoms with Crippen molar-refractivity contribution < 1.29 is 8.42 Å². The number of hydrogen-bond acceptors (Lipinski definition) is 3. The van der Waals surface area contributed by atoms with E-state index in [0.29, 0.717) is 5.69 Å². The molecule has 0 aliphatic rings. The molecule has 1 rings (SSSR count). The highest BCUT2D eigenvalue weighted by atomic mass is 35.5. The number of anilines is 1. The van der Waals surface area contributed by atoms with Crippen molar-refractivity contribution in [3.05, 3.63) is 16.8 Å². The van der Waals surface area contributed by atoms with Crippen LogP contribution in [-0.4, -0.2) is 13.6 Å². The summed E-state index contributed by atoms with van der Waals surface area (Å²) in [6.45, 7) is 0. The SMILES string of the molecule is O=S(=O)(CCl)Nc1ccsc1. The van der Waals surface area contributed by atoms with E-state index >= 15 is 0 Å². The van der Waals surface area contributed by atoms with E-state index in [9.17, 15) is 8.42 Å². The first-order valence-corrected chi connectivity index (χ1v) is 5.86. The Labute approximate surface area is 74.1 Å². The maximum atomic E-state index is 10.8. The molecule has 0 saturated carbocycles. The van der Waals surface area contributed by atoms with Crippen molar-refractivity contribution in [3.63, 3.8) is 0 Å². The van der Waals surface area contributed by atoms with E-state index in [1.54, 1.807) is 16.8 Å². The fraction of sp³-hybridized carbons (Fsp3) is 0.200. The molecule has 1 aromatic heterocycles. The third-order valence-electron chi connectivity index (χ3n) is 0.938. The predicted octanol–water partition coefficient (Wildman–Crippen LogP) is 1.69. The predicted molar refractivity (Wildman–Crippen MR) is 47.6 cm³/mol. The van der Waals surface area contributed by atoms with E-state index in [2.05, 4.69) is 4.72 Å². The maximum absolute atomic E-state index is 10.8. The van der Waals surface area contributed by atoms with Gasteiger partial charge in [0.05, 0.1) is 5.69 Å². The van der Waals surface area contributed by atoms with Gasteiger partial charge in [-0.25, -0.2) is 8.42 Å². The molecule has 62 valence electrons. The van der Waals surface area contributed by atoms with Gasteiger partial charge >= 0.3 is 0 Å². The summed E-state index contributed by atoms with van der Waals surface area (Å²) in [5.74, 6) is 0. The van der Waals surface area contributed by atoms with Crippen molar-refractivity contribution >= 4 is 38.6 Å². The molecule has 0 aliphatic heterocycles. The molecule has 0 saturated heterocycles. The number of nitrogens with one attached hydrogen (secondary N) is 1. The van der Waals surface area contributed by atoms with Crippen LogP contribution in [0.25, 0.3) is 0 Å². The zero-order valence-corrected chi connectivity index (χ0v) is 7.84. The molecule has 0 amide bonds. The second-order valence-electron chi connectivity index (χ2n) is 1.84. The molecule has 0 radical (unpaired) electrons. The topological polar surface area (TPSA) is 46.2 Å². The van der Waals surface area contributed by atoms with E-state index in [4.69, 9.17) is 11.6 Å². The standard InChI is InChI=1S/C5H6ClNO2S2/c6-4-11(8,9)7-5-1-2-10-3-5/h1-3,7H,4H2. The number of hydrogen-bond donors (Lipinski definition) is 1. The number of rotatable bonds is 3. The Morgan fingerprint density at radius 2 is 2.36 bits per heavy atom. The molecule has 0 spiro atoms. The molecular weight excluding hydrogens is 206 g/mol. The van der Waals surface area contributed by atoms with E-state index in [1.807, 2.05) is 0 Å². The van der Waals surface area contributed by atoms with Crippen molar-refractivity contribution in [2.24, 2.45) is 0 Å². The highest BCUT2D eigenvalue weighted by Crippen LogP contribution is 2.13. The number of thiophene rings is 1. The van der Waals surface area contributed by atoms with Gasteiger partial charge in [-0.3, -0.25) is 4.72 Å². The average molecular weight is 212 g/mol. The minimum absolute atomic E-state index is 0.414. The Hall–Kier alpha value is -0.260. The van der Waals surface area contributed by atoms with Gasteiger partial charge < -0.3 is 0 Å². The van der Waals surface area contributed by atoms with Crippen LogP contribution in [-0.2, 0) is 10.0 Å². The molecule has 1 N–H and O–H groups in total. The van der Waals surface area contributed by atoms with Crippen molar-refractivity contribution in [1.29, 1.82) is 0 Å². The lowest BCUT2D eigenvalue weighted by molar-refractivity contribution is 0.605. The Bertz CT molecular complexity index is 305. The number of sulfonamides is 1. The van der Waals surface area contributed by atoms with Gasteiger partial charge in [-0.15, -0.1) is 11.6 Å². The molecule has 0 unspecified atom stereocenters. The Morgan fingerprint density at radius 3 is 2.82 bits per heavy atom. The Morgan fingerprint density at radius 1 is 1.64 bits per heavy atom. The van der Waals surface area contributed by atoms with Crippen molar-refractivity contribution in [1.82, 2.24) is 0 Å². The Balaban J connectivity index is 2.72. The smallest absolute Gasteiger partial charge is 0.246 e. The highest BCUT2D eigenvalue weighted by molar-refractivity contribution is 7.93. The fourth-order valence-electron chi connectivity index (χ4n) is 0.529. The van der Waals surface area contributed by atoms with Gasteiger partial charge in [0.15, 0.2) is 0 Å². The maximum Gasteiger partial charge on any atom is 0.246 e. The average Bonchev–Trinajstić information content (AvgIpc) is 2.39. The monoisotopic (exact) mass is 211 g/mol. The van der Waals surface area contributed by atoms with Crippen molar-refractivity contribution in [2.45, 2.75) is 0 Å². The van der Waals surface area contributed by atoms with Crippen molar-refractivity contribution in [3.8, 4) is 0 Å². The third kappa shape index (κ3) is 2.69. The second-order valence-corrected chi connectivity index (χ2v) is 4.92. The second kappa shape index (κ2) is 3.42. The largest absolute Gasteiger partial charge is 0.282 e. The summed E-state index contributed by atoms with van der Waals surface area (Å²) < 4.78 is 24.0. The van der Waals surface area contributed by atoms with E-state index in [1.165, 1.54) is 11.3 Å². The summed E-state index contributed by atoms with van der Waals surface area (Å²) in [6.07, 6.45) is 0. The van der Waals surface area contributed by atoms with Crippen molar-refractivity contribution in [2.75, 3.05) is 9.93 Å². The first-order chi connectivity index (χ1) is 5.14. The van der Waals surface area contributed by atoms with Crippen LogP contribution in [0.2, 0.25) is 0 Å². The summed E-state index contributed by atoms with van der Waals surface area (Å²) in [5.41, 5.74) is 0.565.